The fourth-order valence-corrected chi connectivity index (χ4v) is 4.90. The smallest absolute Gasteiger partial charge is 0.356 e. The van der Waals surface area contributed by atoms with E-state index in [1.54, 1.807) is 30.3 Å². The van der Waals surface area contributed by atoms with E-state index in [0.29, 0.717) is 16.8 Å². The summed E-state index contributed by atoms with van der Waals surface area (Å²) < 4.78 is 60.4. The molecule has 5 rings (SSSR count). The van der Waals surface area contributed by atoms with E-state index in [0.717, 1.165) is 18.9 Å². The Kier molecular flexibility index (Phi) is 8.20. The Morgan fingerprint density at radius 2 is 1.71 bits per heavy atom. The molecule has 1 fully saturated rings. The Labute approximate surface area is 242 Å². The highest BCUT2D eigenvalue weighted by atomic mass is 35.5. The molecule has 212 valence electrons. The number of anilines is 1. The highest BCUT2D eigenvalue weighted by Crippen LogP contribution is 2.48. The summed E-state index contributed by atoms with van der Waals surface area (Å²) in [5.74, 6) is -1.27. The van der Waals surface area contributed by atoms with E-state index in [1.165, 1.54) is 41.3 Å². The highest BCUT2D eigenvalue weighted by molar-refractivity contribution is 6.54. The van der Waals surface area contributed by atoms with Crippen LogP contribution < -0.4 is 4.90 Å². The third-order valence-corrected chi connectivity index (χ3v) is 7.18. The zero-order valence-electron chi connectivity index (χ0n) is 21.3. The van der Waals surface area contributed by atoms with Crippen LogP contribution in [0.2, 0.25) is 0 Å². The standard InChI is InChI=1S/C30H22Cl2F4N2O3/c31-28(32)29(40)38(14-13-25(39)18-9-11-20(33)12-10-18)21-4-1-3-19(15-21)26-16-24(37-41-26)27-22(17-7-8-17)5-2-6-23(27)30(34,35)36/h1-6,9-12,15-17,28H,7-8,13-14H2. The molecule has 0 N–H and O–H groups in total. The Balaban J connectivity index is 1.44. The average Bonchev–Trinajstić information content (AvgIpc) is 3.68. The molecule has 0 saturated heterocycles. The van der Waals surface area contributed by atoms with Gasteiger partial charge in [0.1, 0.15) is 11.5 Å². The summed E-state index contributed by atoms with van der Waals surface area (Å²) in [6, 6.07) is 17.0. The molecule has 0 aliphatic heterocycles. The van der Waals surface area contributed by atoms with Gasteiger partial charge in [-0.25, -0.2) is 4.39 Å². The van der Waals surface area contributed by atoms with E-state index >= 15 is 0 Å². The molecule has 1 saturated carbocycles. The van der Waals surface area contributed by atoms with Crippen LogP contribution in [0.25, 0.3) is 22.6 Å². The third kappa shape index (κ3) is 6.47. The number of ketones is 1. The van der Waals surface area contributed by atoms with Crippen LogP contribution in [0.5, 0.6) is 0 Å². The molecule has 0 radical (unpaired) electrons. The summed E-state index contributed by atoms with van der Waals surface area (Å²) in [5.41, 5.74) is 0.885. The van der Waals surface area contributed by atoms with Crippen LogP contribution in [-0.2, 0) is 11.0 Å². The molecule has 11 heteroatoms. The molecule has 1 aromatic heterocycles. The molecule has 0 unspecified atom stereocenters. The third-order valence-electron chi connectivity index (χ3n) is 6.81. The number of carbonyl (C=O) groups excluding carboxylic acids is 2. The van der Waals surface area contributed by atoms with E-state index in [-0.39, 0.29) is 47.2 Å². The van der Waals surface area contributed by atoms with Gasteiger partial charge in [-0.2, -0.15) is 13.2 Å². The van der Waals surface area contributed by atoms with Crippen molar-refractivity contribution < 1.29 is 31.7 Å². The first-order valence-corrected chi connectivity index (χ1v) is 13.6. The fourth-order valence-electron chi connectivity index (χ4n) is 4.66. The number of amides is 1. The normalized spacial score (nSPS) is 13.4. The molecule has 0 bridgehead atoms. The number of hydrogen-bond donors (Lipinski definition) is 0. The van der Waals surface area contributed by atoms with Gasteiger partial charge in [0.15, 0.2) is 16.4 Å². The second-order valence-electron chi connectivity index (χ2n) is 9.64. The first-order valence-electron chi connectivity index (χ1n) is 12.7. The molecule has 4 aromatic rings. The SMILES string of the molecule is O=C(CCN(C(=O)C(Cl)Cl)c1cccc(-c2cc(-c3c(C4CC4)cccc3C(F)(F)F)no2)c1)c1ccc(F)cc1. The quantitative estimate of drug-likeness (QED) is 0.109. The fraction of sp³-hybridized carbons (Fsp3) is 0.233. The van der Waals surface area contributed by atoms with Crippen molar-refractivity contribution >= 4 is 40.6 Å². The number of nitrogens with zero attached hydrogens (tertiary/aromatic N) is 2. The number of benzene rings is 3. The van der Waals surface area contributed by atoms with E-state index in [4.69, 9.17) is 27.7 Å². The van der Waals surface area contributed by atoms with Crippen LogP contribution in [0.15, 0.2) is 77.3 Å². The number of Topliss-reactive ketones (excluding diaryl/α,β-unsaturated/α-hetero) is 1. The van der Waals surface area contributed by atoms with E-state index in [1.807, 2.05) is 0 Å². The number of carbonyl (C=O) groups is 2. The Bertz CT molecular complexity index is 1580. The van der Waals surface area contributed by atoms with Gasteiger partial charge < -0.3 is 9.42 Å². The molecule has 1 heterocycles. The summed E-state index contributed by atoms with van der Waals surface area (Å²) in [7, 11) is 0. The number of rotatable bonds is 9. The van der Waals surface area contributed by atoms with Crippen LogP contribution in [0.1, 0.15) is 46.7 Å². The van der Waals surface area contributed by atoms with Crippen molar-refractivity contribution in [3.05, 3.63) is 95.3 Å². The molecule has 1 aliphatic carbocycles. The minimum atomic E-state index is -4.58. The Morgan fingerprint density at radius 1 is 1.00 bits per heavy atom. The summed E-state index contributed by atoms with van der Waals surface area (Å²) in [5, 5.41) is 3.98. The van der Waals surface area contributed by atoms with Crippen molar-refractivity contribution in [2.75, 3.05) is 11.4 Å². The maximum atomic E-state index is 13.9. The predicted molar refractivity (Wildman–Crippen MR) is 148 cm³/mol. The van der Waals surface area contributed by atoms with Crippen LogP contribution in [0.4, 0.5) is 23.2 Å². The number of halogens is 6. The van der Waals surface area contributed by atoms with Gasteiger partial charge in [-0.1, -0.05) is 52.6 Å². The lowest BCUT2D eigenvalue weighted by Crippen LogP contribution is -2.36. The number of aromatic nitrogens is 1. The second kappa shape index (κ2) is 11.7. The van der Waals surface area contributed by atoms with Crippen molar-refractivity contribution in [2.45, 2.75) is 36.2 Å². The summed E-state index contributed by atoms with van der Waals surface area (Å²) >= 11 is 11.7. The van der Waals surface area contributed by atoms with Gasteiger partial charge in [0.25, 0.3) is 5.91 Å². The first-order chi connectivity index (χ1) is 19.5. The Morgan fingerprint density at radius 3 is 2.37 bits per heavy atom. The minimum Gasteiger partial charge on any atom is -0.356 e. The van der Waals surface area contributed by atoms with Crippen LogP contribution >= 0.6 is 23.2 Å². The van der Waals surface area contributed by atoms with Gasteiger partial charge in [0.2, 0.25) is 0 Å². The van der Waals surface area contributed by atoms with Gasteiger partial charge in [0.05, 0.1) is 5.56 Å². The molecular weight excluding hydrogens is 583 g/mol. The number of hydrogen-bond acceptors (Lipinski definition) is 4. The molecule has 1 amide bonds. The van der Waals surface area contributed by atoms with Gasteiger partial charge in [0, 0.05) is 41.4 Å². The maximum absolute atomic E-state index is 13.9. The lowest BCUT2D eigenvalue weighted by atomic mass is 9.94. The minimum absolute atomic E-state index is 0.00288. The van der Waals surface area contributed by atoms with Crippen molar-refractivity contribution in [1.82, 2.24) is 5.16 Å². The molecule has 5 nitrogen and oxygen atoms in total. The van der Waals surface area contributed by atoms with E-state index in [9.17, 15) is 27.2 Å². The lowest BCUT2D eigenvalue weighted by molar-refractivity contribution is -0.137. The molecule has 1 aliphatic rings. The highest BCUT2D eigenvalue weighted by Gasteiger charge is 2.38. The molecule has 3 aromatic carbocycles. The van der Waals surface area contributed by atoms with Crippen LogP contribution in [0, 0.1) is 5.82 Å². The first kappa shape index (κ1) is 28.8. The molecule has 0 atom stereocenters. The average molecular weight is 605 g/mol. The molecular formula is C30H22Cl2F4N2O3. The molecule has 0 spiro atoms. The topological polar surface area (TPSA) is 63.4 Å². The van der Waals surface area contributed by atoms with E-state index in [2.05, 4.69) is 5.16 Å². The van der Waals surface area contributed by atoms with Crippen molar-refractivity contribution in [3.63, 3.8) is 0 Å². The van der Waals surface area contributed by atoms with Gasteiger partial charge in [-0.3, -0.25) is 9.59 Å². The summed E-state index contributed by atoms with van der Waals surface area (Å²) in [6.07, 6.45) is -3.08. The lowest BCUT2D eigenvalue weighted by Gasteiger charge is -2.23. The zero-order chi connectivity index (χ0) is 29.3. The molecule has 41 heavy (non-hydrogen) atoms. The summed E-state index contributed by atoms with van der Waals surface area (Å²) in [6.45, 7) is -0.0835. The maximum Gasteiger partial charge on any atom is 0.417 e. The zero-order valence-corrected chi connectivity index (χ0v) is 22.8. The predicted octanol–water partition coefficient (Wildman–Crippen LogP) is 8.45. The van der Waals surface area contributed by atoms with Gasteiger partial charge >= 0.3 is 6.18 Å². The van der Waals surface area contributed by atoms with Gasteiger partial charge in [-0.05, 0) is 66.8 Å². The van der Waals surface area contributed by atoms with Crippen molar-refractivity contribution in [3.8, 4) is 22.6 Å². The van der Waals surface area contributed by atoms with Crippen molar-refractivity contribution in [2.24, 2.45) is 0 Å². The van der Waals surface area contributed by atoms with Crippen molar-refractivity contribution in [1.29, 1.82) is 0 Å². The largest absolute Gasteiger partial charge is 0.417 e. The monoisotopic (exact) mass is 604 g/mol. The number of alkyl halides is 5. The van der Waals surface area contributed by atoms with Gasteiger partial charge in [-0.15, -0.1) is 0 Å². The van der Waals surface area contributed by atoms with E-state index < -0.39 is 28.3 Å². The summed E-state index contributed by atoms with van der Waals surface area (Å²) in [4.78, 5) is 25.3. The van der Waals surface area contributed by atoms with Crippen LogP contribution in [-0.4, -0.2) is 28.2 Å². The van der Waals surface area contributed by atoms with Crippen LogP contribution in [0.3, 0.4) is 0 Å². The second-order valence-corrected chi connectivity index (χ2v) is 10.7. The Hall–Kier alpha value is -3.69.